The fourth-order valence-electron chi connectivity index (χ4n) is 2.80. The summed E-state index contributed by atoms with van der Waals surface area (Å²) in [5.41, 5.74) is 1.67. The van der Waals surface area contributed by atoms with Gasteiger partial charge >= 0.3 is 5.97 Å². The first-order chi connectivity index (χ1) is 12.0. The van der Waals surface area contributed by atoms with Crippen molar-refractivity contribution in [2.45, 2.75) is 13.3 Å². The van der Waals surface area contributed by atoms with E-state index < -0.39 is 16.8 Å². The number of amides is 1. The number of anilines is 1. The van der Waals surface area contributed by atoms with Crippen LogP contribution >= 0.6 is 0 Å². The van der Waals surface area contributed by atoms with E-state index in [0.717, 1.165) is 11.3 Å². The van der Waals surface area contributed by atoms with Gasteiger partial charge in [-0.25, -0.2) is 0 Å². The molecular weight excluding hydrogens is 324 g/mol. The molecular formula is C18H16N2O5. The van der Waals surface area contributed by atoms with Gasteiger partial charge in [-0.3, -0.25) is 19.7 Å². The number of carbonyl (C=O) groups excluding carboxylic acids is 2. The lowest BCUT2D eigenvalue weighted by molar-refractivity contribution is -0.384. The number of carbonyl (C=O) groups is 2. The predicted octanol–water partition coefficient (Wildman–Crippen LogP) is 2.86. The molecule has 0 radical (unpaired) electrons. The third-order valence-electron chi connectivity index (χ3n) is 4.13. The number of nitro groups is 1. The fourth-order valence-corrected chi connectivity index (χ4v) is 2.80. The summed E-state index contributed by atoms with van der Waals surface area (Å²) >= 11 is 0. The molecule has 0 aromatic heterocycles. The molecule has 2 aromatic carbocycles. The molecule has 0 N–H and O–H groups in total. The SMILES string of the molecule is Cc1ccccc1N1C[C@@H](C(=O)Oc2ccc([N+](=O)[O-])cc2)CC1=O. The van der Waals surface area contributed by atoms with Crippen LogP contribution in [0.15, 0.2) is 48.5 Å². The molecule has 0 spiro atoms. The monoisotopic (exact) mass is 340 g/mol. The maximum Gasteiger partial charge on any atom is 0.316 e. The largest absolute Gasteiger partial charge is 0.426 e. The minimum absolute atomic E-state index is 0.0819. The number of aryl methyl sites for hydroxylation is 1. The first kappa shape index (κ1) is 16.6. The van der Waals surface area contributed by atoms with Gasteiger partial charge in [-0.1, -0.05) is 18.2 Å². The summed E-state index contributed by atoms with van der Waals surface area (Å²) in [5, 5.41) is 10.6. The van der Waals surface area contributed by atoms with Crippen LogP contribution in [-0.4, -0.2) is 23.3 Å². The second kappa shape index (κ2) is 6.72. The molecule has 1 atom stereocenters. The van der Waals surface area contributed by atoms with E-state index in [-0.39, 0.29) is 30.3 Å². The lowest BCUT2D eigenvalue weighted by Gasteiger charge is -2.18. The second-order valence-electron chi connectivity index (χ2n) is 5.86. The Morgan fingerprint density at radius 1 is 1.20 bits per heavy atom. The summed E-state index contributed by atoms with van der Waals surface area (Å²) in [4.78, 5) is 36.3. The van der Waals surface area contributed by atoms with E-state index in [1.807, 2.05) is 31.2 Å². The topological polar surface area (TPSA) is 89.8 Å². The molecule has 1 fully saturated rings. The number of esters is 1. The number of hydrogen-bond acceptors (Lipinski definition) is 5. The maximum absolute atomic E-state index is 12.3. The summed E-state index contributed by atoms with van der Waals surface area (Å²) in [6, 6.07) is 12.8. The normalized spacial score (nSPS) is 16.8. The van der Waals surface area contributed by atoms with Crippen LogP contribution in [-0.2, 0) is 9.59 Å². The average Bonchev–Trinajstić information content (AvgIpc) is 2.97. The summed E-state index contributed by atoms with van der Waals surface area (Å²) in [6.07, 6.45) is 0.0835. The highest BCUT2D eigenvalue weighted by Crippen LogP contribution is 2.29. The molecule has 1 saturated heterocycles. The minimum atomic E-state index is -0.567. The second-order valence-corrected chi connectivity index (χ2v) is 5.86. The van der Waals surface area contributed by atoms with E-state index in [0.29, 0.717) is 0 Å². The molecule has 1 aliphatic rings. The van der Waals surface area contributed by atoms with Gasteiger partial charge in [0, 0.05) is 30.8 Å². The van der Waals surface area contributed by atoms with E-state index >= 15 is 0 Å². The smallest absolute Gasteiger partial charge is 0.316 e. The van der Waals surface area contributed by atoms with Crippen molar-refractivity contribution in [1.29, 1.82) is 0 Å². The number of para-hydroxylation sites is 1. The summed E-state index contributed by atoms with van der Waals surface area (Å²) < 4.78 is 5.26. The highest BCUT2D eigenvalue weighted by atomic mass is 16.6. The van der Waals surface area contributed by atoms with Crippen LogP contribution in [0.2, 0.25) is 0 Å². The molecule has 7 nitrogen and oxygen atoms in total. The Balaban J connectivity index is 1.68. The van der Waals surface area contributed by atoms with Crippen LogP contribution in [0.4, 0.5) is 11.4 Å². The quantitative estimate of drug-likeness (QED) is 0.369. The van der Waals surface area contributed by atoms with E-state index in [1.54, 1.807) is 4.90 Å². The molecule has 7 heteroatoms. The zero-order valence-corrected chi connectivity index (χ0v) is 13.5. The molecule has 2 aromatic rings. The maximum atomic E-state index is 12.3. The number of nitro benzene ring substituents is 1. The van der Waals surface area contributed by atoms with Crippen molar-refractivity contribution < 1.29 is 19.2 Å². The molecule has 128 valence electrons. The average molecular weight is 340 g/mol. The molecule has 1 heterocycles. The highest BCUT2D eigenvalue weighted by molar-refractivity contribution is 6.00. The summed E-state index contributed by atoms with van der Waals surface area (Å²) in [7, 11) is 0. The van der Waals surface area contributed by atoms with Gasteiger partial charge in [-0.2, -0.15) is 0 Å². The van der Waals surface area contributed by atoms with Crippen LogP contribution in [0.3, 0.4) is 0 Å². The number of benzene rings is 2. The predicted molar refractivity (Wildman–Crippen MR) is 90.4 cm³/mol. The number of hydrogen-bond donors (Lipinski definition) is 0. The number of nitrogens with zero attached hydrogens (tertiary/aromatic N) is 2. The van der Waals surface area contributed by atoms with Crippen LogP contribution in [0.5, 0.6) is 5.75 Å². The third kappa shape index (κ3) is 3.50. The first-order valence-electron chi connectivity index (χ1n) is 7.78. The van der Waals surface area contributed by atoms with E-state index in [4.69, 9.17) is 4.74 Å². The van der Waals surface area contributed by atoms with Gasteiger partial charge < -0.3 is 9.64 Å². The van der Waals surface area contributed by atoms with Gasteiger partial charge in [0.25, 0.3) is 5.69 Å². The van der Waals surface area contributed by atoms with Crippen LogP contribution in [0, 0.1) is 23.0 Å². The Kier molecular flexibility index (Phi) is 4.47. The Bertz CT molecular complexity index is 832. The zero-order valence-electron chi connectivity index (χ0n) is 13.5. The molecule has 3 rings (SSSR count). The summed E-state index contributed by atoms with van der Waals surface area (Å²) in [5.74, 6) is -0.988. The van der Waals surface area contributed by atoms with Gasteiger partial charge in [0.1, 0.15) is 5.75 Å². The van der Waals surface area contributed by atoms with Crippen molar-refractivity contribution in [3.05, 3.63) is 64.2 Å². The number of ether oxygens (including phenoxy) is 1. The molecule has 0 saturated carbocycles. The fraction of sp³-hybridized carbons (Fsp3) is 0.222. The summed E-state index contributed by atoms with van der Waals surface area (Å²) in [6.45, 7) is 2.17. The van der Waals surface area contributed by atoms with Gasteiger partial charge in [-0.15, -0.1) is 0 Å². The molecule has 25 heavy (non-hydrogen) atoms. The van der Waals surface area contributed by atoms with Crippen molar-refractivity contribution in [2.75, 3.05) is 11.4 Å². The van der Waals surface area contributed by atoms with Crippen LogP contribution in [0.25, 0.3) is 0 Å². The number of rotatable bonds is 4. The van der Waals surface area contributed by atoms with Gasteiger partial charge in [0.05, 0.1) is 10.8 Å². The standard InChI is InChI=1S/C18H16N2O5/c1-12-4-2-3-5-16(12)19-11-13(10-17(19)21)18(22)25-15-8-6-14(7-9-15)20(23)24/h2-9,13H,10-11H2,1H3/t13-/m0/s1. The highest BCUT2D eigenvalue weighted by Gasteiger charge is 2.36. The van der Waals surface area contributed by atoms with Gasteiger partial charge in [-0.05, 0) is 30.7 Å². The molecule has 1 amide bonds. The molecule has 0 bridgehead atoms. The van der Waals surface area contributed by atoms with Crippen LogP contribution in [0.1, 0.15) is 12.0 Å². The van der Waals surface area contributed by atoms with E-state index in [2.05, 4.69) is 0 Å². The number of non-ortho nitro benzene ring substituents is 1. The van der Waals surface area contributed by atoms with Crippen molar-refractivity contribution in [2.24, 2.45) is 5.92 Å². The lowest BCUT2D eigenvalue weighted by atomic mass is 10.1. The Labute approximate surface area is 144 Å². The Hall–Kier alpha value is -3.22. The Morgan fingerprint density at radius 2 is 1.88 bits per heavy atom. The van der Waals surface area contributed by atoms with Crippen molar-refractivity contribution >= 4 is 23.3 Å². The van der Waals surface area contributed by atoms with Crippen molar-refractivity contribution in [3.8, 4) is 5.75 Å². The molecule has 0 unspecified atom stereocenters. The third-order valence-corrected chi connectivity index (χ3v) is 4.13. The van der Waals surface area contributed by atoms with E-state index in [1.165, 1.54) is 24.3 Å². The van der Waals surface area contributed by atoms with Crippen LogP contribution < -0.4 is 9.64 Å². The van der Waals surface area contributed by atoms with Crippen molar-refractivity contribution in [3.63, 3.8) is 0 Å². The van der Waals surface area contributed by atoms with Gasteiger partial charge in [0.2, 0.25) is 5.91 Å². The molecule has 1 aliphatic heterocycles. The zero-order chi connectivity index (χ0) is 18.0. The minimum Gasteiger partial charge on any atom is -0.426 e. The lowest BCUT2D eigenvalue weighted by Crippen LogP contribution is -2.27. The molecule has 0 aliphatic carbocycles. The van der Waals surface area contributed by atoms with Crippen molar-refractivity contribution in [1.82, 2.24) is 0 Å². The van der Waals surface area contributed by atoms with E-state index in [9.17, 15) is 19.7 Å². The Morgan fingerprint density at radius 3 is 2.52 bits per heavy atom. The first-order valence-corrected chi connectivity index (χ1v) is 7.78. The van der Waals surface area contributed by atoms with Gasteiger partial charge in [0.15, 0.2) is 0 Å².